The fourth-order valence-corrected chi connectivity index (χ4v) is 3.86. The summed E-state index contributed by atoms with van der Waals surface area (Å²) in [5.74, 6) is 2.53. The lowest BCUT2D eigenvalue weighted by atomic mass is 10.1. The van der Waals surface area contributed by atoms with Gasteiger partial charge in [0.05, 0.1) is 0 Å². The predicted molar refractivity (Wildman–Crippen MR) is 103 cm³/mol. The van der Waals surface area contributed by atoms with Gasteiger partial charge in [-0.15, -0.1) is 0 Å². The van der Waals surface area contributed by atoms with Gasteiger partial charge in [0.1, 0.15) is 5.75 Å². The Hall–Kier alpha value is -1.98. The van der Waals surface area contributed by atoms with Gasteiger partial charge in [-0.05, 0) is 45.3 Å². The summed E-state index contributed by atoms with van der Waals surface area (Å²) in [5, 5.41) is 9.40. The van der Waals surface area contributed by atoms with E-state index in [0.717, 1.165) is 28.0 Å². The number of hydrogen-bond acceptors (Lipinski definition) is 4. The third-order valence-corrected chi connectivity index (χ3v) is 5.27. The number of ether oxygens (including phenoxy) is 1. The van der Waals surface area contributed by atoms with Crippen molar-refractivity contribution in [3.8, 4) is 5.75 Å². The molecule has 1 amide bonds. The summed E-state index contributed by atoms with van der Waals surface area (Å²) in [4.78, 5) is 11.8. The Labute approximate surface area is 150 Å². The molecule has 0 fully saturated rings. The first-order chi connectivity index (χ1) is 11.8. The fraction of sp³-hybridized carbons (Fsp3) is 0.211. The standard InChI is InChI=1S/C19H19NO2S2/c21-19(20-8-10-24-14-15-7-9-23-13-15)12-22-18-6-5-16-3-1-2-4-17(16)11-18/h1-7,9,11,13H,8,10,12,14H2,(H,20,21). The molecule has 0 aliphatic carbocycles. The zero-order valence-corrected chi connectivity index (χ0v) is 14.9. The van der Waals surface area contributed by atoms with Gasteiger partial charge in [-0.25, -0.2) is 0 Å². The molecule has 3 nitrogen and oxygen atoms in total. The molecule has 3 rings (SSSR count). The molecular formula is C19H19NO2S2. The van der Waals surface area contributed by atoms with Crippen molar-refractivity contribution in [1.29, 1.82) is 0 Å². The number of fused-ring (bicyclic) bond motifs is 1. The van der Waals surface area contributed by atoms with E-state index in [1.807, 2.05) is 48.2 Å². The average Bonchev–Trinajstić information content (AvgIpc) is 3.13. The van der Waals surface area contributed by atoms with Crippen molar-refractivity contribution in [3.05, 3.63) is 64.9 Å². The second-order valence-corrected chi connectivity index (χ2v) is 7.22. The lowest BCUT2D eigenvalue weighted by Crippen LogP contribution is -2.30. The highest BCUT2D eigenvalue weighted by Crippen LogP contribution is 2.20. The number of thioether (sulfide) groups is 1. The van der Waals surface area contributed by atoms with E-state index in [9.17, 15) is 4.79 Å². The molecule has 1 N–H and O–H groups in total. The van der Waals surface area contributed by atoms with Gasteiger partial charge in [-0.1, -0.05) is 30.3 Å². The quantitative estimate of drug-likeness (QED) is 0.610. The first-order valence-corrected chi connectivity index (χ1v) is 9.88. The maximum absolute atomic E-state index is 11.8. The number of nitrogens with one attached hydrogen (secondary N) is 1. The Kier molecular flexibility index (Phi) is 6.15. The van der Waals surface area contributed by atoms with Gasteiger partial charge in [0.25, 0.3) is 5.91 Å². The van der Waals surface area contributed by atoms with E-state index in [1.54, 1.807) is 11.3 Å². The predicted octanol–water partition coefficient (Wildman–Crippen LogP) is 4.33. The highest BCUT2D eigenvalue weighted by atomic mass is 32.2. The lowest BCUT2D eigenvalue weighted by Gasteiger charge is -2.08. The number of carbonyl (C=O) groups is 1. The monoisotopic (exact) mass is 357 g/mol. The molecule has 124 valence electrons. The number of carbonyl (C=O) groups excluding carboxylic acids is 1. The molecule has 3 aromatic rings. The molecule has 0 aliphatic heterocycles. The third-order valence-electron chi connectivity index (χ3n) is 3.51. The first kappa shape index (κ1) is 16.9. The Bertz CT molecular complexity index is 787. The van der Waals surface area contributed by atoms with Crippen LogP contribution in [0.25, 0.3) is 10.8 Å². The number of amides is 1. The average molecular weight is 358 g/mol. The minimum Gasteiger partial charge on any atom is -0.484 e. The maximum atomic E-state index is 11.8. The van der Waals surface area contributed by atoms with Crippen molar-refractivity contribution in [1.82, 2.24) is 5.32 Å². The van der Waals surface area contributed by atoms with Crippen LogP contribution in [0.3, 0.4) is 0 Å². The van der Waals surface area contributed by atoms with E-state index in [0.29, 0.717) is 6.54 Å². The molecule has 1 aromatic heterocycles. The van der Waals surface area contributed by atoms with Crippen LogP contribution in [0.1, 0.15) is 5.56 Å². The zero-order chi connectivity index (χ0) is 16.6. The zero-order valence-electron chi connectivity index (χ0n) is 13.2. The number of hydrogen-bond donors (Lipinski definition) is 1. The van der Waals surface area contributed by atoms with Crippen LogP contribution in [0.2, 0.25) is 0 Å². The second kappa shape index (κ2) is 8.76. The van der Waals surface area contributed by atoms with Crippen LogP contribution < -0.4 is 10.1 Å². The molecule has 0 saturated carbocycles. The Morgan fingerprint density at radius 3 is 2.83 bits per heavy atom. The summed E-state index contributed by atoms with van der Waals surface area (Å²) in [6.45, 7) is 0.711. The Morgan fingerprint density at radius 1 is 1.12 bits per heavy atom. The maximum Gasteiger partial charge on any atom is 0.257 e. The molecule has 5 heteroatoms. The molecule has 2 aromatic carbocycles. The van der Waals surface area contributed by atoms with E-state index < -0.39 is 0 Å². The van der Waals surface area contributed by atoms with E-state index >= 15 is 0 Å². The molecule has 1 heterocycles. The van der Waals surface area contributed by atoms with Gasteiger partial charge < -0.3 is 10.1 Å². The highest BCUT2D eigenvalue weighted by molar-refractivity contribution is 7.98. The second-order valence-electron chi connectivity index (χ2n) is 5.33. The van der Waals surface area contributed by atoms with E-state index in [1.165, 1.54) is 5.56 Å². The van der Waals surface area contributed by atoms with Crippen LogP contribution in [-0.2, 0) is 10.5 Å². The topological polar surface area (TPSA) is 38.3 Å². The molecular weight excluding hydrogens is 338 g/mol. The van der Waals surface area contributed by atoms with Crippen LogP contribution >= 0.6 is 23.1 Å². The van der Waals surface area contributed by atoms with Crippen molar-refractivity contribution in [2.75, 3.05) is 18.9 Å². The summed E-state index contributed by atoms with van der Waals surface area (Å²) in [6, 6.07) is 16.1. The largest absolute Gasteiger partial charge is 0.484 e. The van der Waals surface area contributed by atoms with Crippen molar-refractivity contribution in [2.24, 2.45) is 0 Å². The van der Waals surface area contributed by atoms with Crippen molar-refractivity contribution in [2.45, 2.75) is 5.75 Å². The van der Waals surface area contributed by atoms with Gasteiger partial charge >= 0.3 is 0 Å². The molecule has 0 radical (unpaired) electrons. The third kappa shape index (κ3) is 5.01. The highest BCUT2D eigenvalue weighted by Gasteiger charge is 2.03. The lowest BCUT2D eigenvalue weighted by molar-refractivity contribution is -0.122. The van der Waals surface area contributed by atoms with Gasteiger partial charge in [-0.3, -0.25) is 4.79 Å². The van der Waals surface area contributed by atoms with Crippen molar-refractivity contribution in [3.63, 3.8) is 0 Å². The van der Waals surface area contributed by atoms with E-state index in [4.69, 9.17) is 4.74 Å². The Balaban J connectivity index is 1.35. The SMILES string of the molecule is O=C(COc1ccc2ccccc2c1)NCCSCc1ccsc1. The van der Waals surface area contributed by atoms with Crippen LogP contribution in [0.4, 0.5) is 0 Å². The fourth-order valence-electron chi connectivity index (χ4n) is 2.28. The normalized spacial score (nSPS) is 10.7. The van der Waals surface area contributed by atoms with Crippen LogP contribution in [-0.4, -0.2) is 24.8 Å². The molecule has 0 spiro atoms. The summed E-state index contributed by atoms with van der Waals surface area (Å²) in [5.41, 5.74) is 1.34. The van der Waals surface area contributed by atoms with Gasteiger partial charge in [0.2, 0.25) is 0 Å². The molecule has 0 unspecified atom stereocenters. The molecule has 0 saturated heterocycles. The smallest absolute Gasteiger partial charge is 0.257 e. The van der Waals surface area contributed by atoms with Gasteiger partial charge in [-0.2, -0.15) is 23.1 Å². The van der Waals surface area contributed by atoms with Gasteiger partial charge in [0, 0.05) is 18.1 Å². The molecule has 0 atom stereocenters. The Morgan fingerprint density at radius 2 is 2.00 bits per heavy atom. The number of rotatable bonds is 8. The molecule has 0 aliphatic rings. The summed E-state index contributed by atoms with van der Waals surface area (Å²) >= 11 is 3.53. The number of thiophene rings is 1. The van der Waals surface area contributed by atoms with E-state index in [-0.39, 0.29) is 12.5 Å². The number of benzene rings is 2. The summed E-state index contributed by atoms with van der Waals surface area (Å²) in [6.07, 6.45) is 0. The molecule has 24 heavy (non-hydrogen) atoms. The van der Waals surface area contributed by atoms with Crippen LogP contribution in [0, 0.1) is 0 Å². The minimum absolute atomic E-state index is 0.0491. The summed E-state index contributed by atoms with van der Waals surface area (Å²) < 4.78 is 5.57. The van der Waals surface area contributed by atoms with Crippen LogP contribution in [0.5, 0.6) is 5.75 Å². The van der Waals surface area contributed by atoms with Crippen LogP contribution in [0.15, 0.2) is 59.3 Å². The minimum atomic E-state index is -0.0840. The van der Waals surface area contributed by atoms with Crippen molar-refractivity contribution >= 4 is 39.8 Å². The summed E-state index contributed by atoms with van der Waals surface area (Å²) in [7, 11) is 0. The van der Waals surface area contributed by atoms with E-state index in [2.05, 4.69) is 28.2 Å². The molecule has 0 bridgehead atoms. The first-order valence-electron chi connectivity index (χ1n) is 7.78. The van der Waals surface area contributed by atoms with Gasteiger partial charge in [0.15, 0.2) is 6.61 Å². The van der Waals surface area contributed by atoms with Crippen molar-refractivity contribution < 1.29 is 9.53 Å².